The minimum Gasteiger partial charge on any atom is -0.317 e. The third-order valence-corrected chi connectivity index (χ3v) is 1.44. The van der Waals surface area contributed by atoms with Crippen molar-refractivity contribution in [1.82, 2.24) is 15.5 Å². The number of hydrogen-bond donors (Lipinski definition) is 1. The van der Waals surface area contributed by atoms with Gasteiger partial charge in [-0.1, -0.05) is 20.8 Å². The first-order valence-electron chi connectivity index (χ1n) is 4.90. The van der Waals surface area contributed by atoms with Gasteiger partial charge >= 0.3 is 0 Å². The second-order valence-electron chi connectivity index (χ2n) is 2.32. The number of likely N-dealkylation sites (N-methyl/N-ethyl adjacent to an activating group) is 1. The van der Waals surface area contributed by atoms with E-state index in [1.54, 1.807) is 6.20 Å². The summed E-state index contributed by atoms with van der Waals surface area (Å²) in [4.78, 5) is 0. The van der Waals surface area contributed by atoms with Crippen molar-refractivity contribution in [1.29, 1.82) is 0 Å². The van der Waals surface area contributed by atoms with E-state index in [1.807, 2.05) is 26.0 Å². The Bertz CT molecular complexity index is 192. The van der Waals surface area contributed by atoms with Crippen molar-refractivity contribution < 1.29 is 1.43 Å². The van der Waals surface area contributed by atoms with E-state index in [9.17, 15) is 0 Å². The maximum absolute atomic E-state index is 3.96. The van der Waals surface area contributed by atoms with Crippen LogP contribution in [0.3, 0.4) is 0 Å². The molecule has 0 radical (unpaired) electrons. The SMILES string of the molecule is CC.CCNCCc1cccnn1.[HH]. The maximum Gasteiger partial charge on any atom is 0.0643 e. The number of nitrogens with zero attached hydrogens (tertiary/aromatic N) is 2. The monoisotopic (exact) mass is 183 g/mol. The third-order valence-electron chi connectivity index (χ3n) is 1.44. The predicted molar refractivity (Wildman–Crippen MR) is 57.7 cm³/mol. The van der Waals surface area contributed by atoms with Crippen LogP contribution in [0.2, 0.25) is 0 Å². The highest BCUT2D eigenvalue weighted by molar-refractivity contribution is 4.99. The van der Waals surface area contributed by atoms with Crippen LogP contribution in [0.25, 0.3) is 0 Å². The Kier molecular flexibility index (Phi) is 8.46. The molecule has 1 N–H and O–H groups in total. The molecule has 0 fully saturated rings. The molecule has 0 aromatic carbocycles. The van der Waals surface area contributed by atoms with Crippen molar-refractivity contribution >= 4 is 0 Å². The van der Waals surface area contributed by atoms with E-state index >= 15 is 0 Å². The summed E-state index contributed by atoms with van der Waals surface area (Å²) in [5.41, 5.74) is 1.05. The topological polar surface area (TPSA) is 37.8 Å². The van der Waals surface area contributed by atoms with Gasteiger partial charge in [-0.15, -0.1) is 0 Å². The molecule has 0 unspecified atom stereocenters. The fourth-order valence-electron chi connectivity index (χ4n) is 0.860. The summed E-state index contributed by atoms with van der Waals surface area (Å²) < 4.78 is 0. The molecule has 0 bridgehead atoms. The van der Waals surface area contributed by atoms with E-state index in [2.05, 4.69) is 22.4 Å². The molecule has 76 valence electrons. The molecule has 0 amide bonds. The molecule has 0 saturated heterocycles. The van der Waals surface area contributed by atoms with Gasteiger partial charge in [0.1, 0.15) is 0 Å². The van der Waals surface area contributed by atoms with Gasteiger partial charge in [0.25, 0.3) is 0 Å². The number of hydrogen-bond acceptors (Lipinski definition) is 3. The lowest BCUT2D eigenvalue weighted by atomic mass is 10.3. The first-order valence-corrected chi connectivity index (χ1v) is 4.90. The molecular formula is C10H21N3. The first kappa shape index (κ1) is 12.0. The van der Waals surface area contributed by atoms with Crippen molar-refractivity contribution in [3.8, 4) is 0 Å². The molecule has 0 saturated carbocycles. The minimum atomic E-state index is 0. The molecule has 0 aliphatic heterocycles. The second kappa shape index (κ2) is 9.13. The van der Waals surface area contributed by atoms with Crippen LogP contribution in [0.4, 0.5) is 0 Å². The van der Waals surface area contributed by atoms with E-state index in [0.717, 1.165) is 25.2 Å². The highest BCUT2D eigenvalue weighted by Gasteiger charge is 1.90. The van der Waals surface area contributed by atoms with Crippen LogP contribution < -0.4 is 5.32 Å². The Morgan fingerprint density at radius 3 is 2.77 bits per heavy atom. The van der Waals surface area contributed by atoms with E-state index in [-0.39, 0.29) is 1.43 Å². The van der Waals surface area contributed by atoms with Gasteiger partial charge in [0.05, 0.1) is 5.69 Å². The Hall–Kier alpha value is -0.960. The van der Waals surface area contributed by atoms with Crippen LogP contribution in [0.15, 0.2) is 18.3 Å². The van der Waals surface area contributed by atoms with E-state index in [0.29, 0.717) is 0 Å². The maximum atomic E-state index is 3.96. The van der Waals surface area contributed by atoms with Gasteiger partial charge in [-0.2, -0.15) is 10.2 Å². The largest absolute Gasteiger partial charge is 0.317 e. The van der Waals surface area contributed by atoms with Crippen molar-refractivity contribution in [2.45, 2.75) is 27.2 Å². The van der Waals surface area contributed by atoms with Gasteiger partial charge in [0.15, 0.2) is 0 Å². The lowest BCUT2D eigenvalue weighted by molar-refractivity contribution is 0.701. The standard InChI is InChI=1S/C8H13N3.C2H6.H2/c1-2-9-7-5-8-4-3-6-10-11-8;1-2;/h3-4,6,9H,2,5,7H2,1H3;1-2H3;1H. The fourth-order valence-corrected chi connectivity index (χ4v) is 0.860. The van der Waals surface area contributed by atoms with E-state index in [4.69, 9.17) is 0 Å². The Labute approximate surface area is 82.1 Å². The summed E-state index contributed by atoms with van der Waals surface area (Å²) in [5.74, 6) is 0. The summed E-state index contributed by atoms with van der Waals surface area (Å²) in [5, 5.41) is 11.0. The zero-order valence-electron chi connectivity index (χ0n) is 8.75. The van der Waals surface area contributed by atoms with Crippen molar-refractivity contribution in [2.24, 2.45) is 0 Å². The highest BCUT2D eigenvalue weighted by atomic mass is 15.1. The molecule has 1 aromatic heterocycles. The highest BCUT2D eigenvalue weighted by Crippen LogP contribution is 1.90. The molecule has 0 spiro atoms. The van der Waals surface area contributed by atoms with Crippen LogP contribution in [-0.2, 0) is 6.42 Å². The van der Waals surface area contributed by atoms with Crippen LogP contribution in [0.5, 0.6) is 0 Å². The normalized spacial score (nSPS) is 8.85. The van der Waals surface area contributed by atoms with Gasteiger partial charge in [0, 0.05) is 20.6 Å². The van der Waals surface area contributed by atoms with Crippen LogP contribution >= 0.6 is 0 Å². The Morgan fingerprint density at radius 1 is 1.46 bits per heavy atom. The molecule has 13 heavy (non-hydrogen) atoms. The smallest absolute Gasteiger partial charge is 0.0643 e. The fraction of sp³-hybridized carbons (Fsp3) is 0.600. The second-order valence-corrected chi connectivity index (χ2v) is 2.32. The minimum absolute atomic E-state index is 0. The van der Waals surface area contributed by atoms with Gasteiger partial charge in [0.2, 0.25) is 0 Å². The van der Waals surface area contributed by atoms with Crippen molar-refractivity contribution in [3.63, 3.8) is 0 Å². The summed E-state index contributed by atoms with van der Waals surface area (Å²) in [6, 6.07) is 3.90. The third kappa shape index (κ3) is 6.22. The van der Waals surface area contributed by atoms with Crippen LogP contribution in [-0.4, -0.2) is 23.3 Å². The van der Waals surface area contributed by atoms with Crippen molar-refractivity contribution in [2.75, 3.05) is 13.1 Å². The molecule has 1 heterocycles. The molecule has 3 heteroatoms. The average Bonchev–Trinajstić information content (AvgIpc) is 2.23. The van der Waals surface area contributed by atoms with Crippen molar-refractivity contribution in [3.05, 3.63) is 24.0 Å². The number of aromatic nitrogens is 2. The van der Waals surface area contributed by atoms with Crippen LogP contribution in [0, 0.1) is 0 Å². The average molecular weight is 183 g/mol. The quantitative estimate of drug-likeness (QED) is 0.724. The zero-order chi connectivity index (χ0) is 9.94. The summed E-state index contributed by atoms with van der Waals surface area (Å²) in [6.45, 7) is 8.09. The lowest BCUT2D eigenvalue weighted by Crippen LogP contribution is -2.16. The molecule has 1 rings (SSSR count). The lowest BCUT2D eigenvalue weighted by Gasteiger charge is -1.98. The number of rotatable bonds is 4. The Balaban J connectivity index is 0. The predicted octanol–water partition coefficient (Wildman–Crippen LogP) is 1.90. The van der Waals surface area contributed by atoms with E-state index < -0.39 is 0 Å². The van der Waals surface area contributed by atoms with Gasteiger partial charge < -0.3 is 5.32 Å². The summed E-state index contributed by atoms with van der Waals surface area (Å²) in [7, 11) is 0. The summed E-state index contributed by atoms with van der Waals surface area (Å²) in [6.07, 6.45) is 2.65. The number of nitrogens with one attached hydrogen (secondary N) is 1. The molecule has 1 aromatic rings. The molecular weight excluding hydrogens is 162 g/mol. The molecule has 0 aliphatic rings. The van der Waals surface area contributed by atoms with Gasteiger partial charge in [-0.25, -0.2) is 0 Å². The van der Waals surface area contributed by atoms with Gasteiger partial charge in [-0.3, -0.25) is 0 Å². The zero-order valence-corrected chi connectivity index (χ0v) is 8.75. The molecule has 3 nitrogen and oxygen atoms in total. The van der Waals surface area contributed by atoms with Gasteiger partial charge in [-0.05, 0) is 18.7 Å². The molecule has 0 atom stereocenters. The van der Waals surface area contributed by atoms with Crippen LogP contribution in [0.1, 0.15) is 27.9 Å². The molecule has 0 aliphatic carbocycles. The van der Waals surface area contributed by atoms with E-state index in [1.165, 1.54) is 0 Å². The Morgan fingerprint density at radius 2 is 2.23 bits per heavy atom. The summed E-state index contributed by atoms with van der Waals surface area (Å²) >= 11 is 0. The first-order chi connectivity index (χ1) is 6.43.